The summed E-state index contributed by atoms with van der Waals surface area (Å²) in [7, 11) is 0. The van der Waals surface area contributed by atoms with Crippen molar-refractivity contribution in [2.45, 2.75) is 19.5 Å². The van der Waals surface area contributed by atoms with Gasteiger partial charge in [0.25, 0.3) is 0 Å². The Bertz CT molecular complexity index is 952. The Morgan fingerprint density at radius 1 is 1.00 bits per heavy atom. The van der Waals surface area contributed by atoms with Crippen LogP contribution >= 0.6 is 0 Å². The fraction of sp³-hybridized carbons (Fsp3) is 0.143. The molecule has 0 aliphatic carbocycles. The zero-order valence-electron chi connectivity index (χ0n) is 15.0. The van der Waals surface area contributed by atoms with Crippen LogP contribution in [0.3, 0.4) is 0 Å². The first-order valence-corrected chi connectivity index (χ1v) is 8.55. The predicted molar refractivity (Wildman–Crippen MR) is 102 cm³/mol. The van der Waals surface area contributed by atoms with Crippen molar-refractivity contribution < 1.29 is 18.0 Å². The molecule has 1 heterocycles. The van der Waals surface area contributed by atoms with E-state index in [1.807, 2.05) is 31.2 Å². The maximum Gasteiger partial charge on any atom is 0.416 e. The lowest BCUT2D eigenvalue weighted by Gasteiger charge is -2.10. The zero-order valence-corrected chi connectivity index (χ0v) is 15.0. The van der Waals surface area contributed by atoms with Gasteiger partial charge in [-0.05, 0) is 48.9 Å². The van der Waals surface area contributed by atoms with E-state index in [9.17, 15) is 18.0 Å². The summed E-state index contributed by atoms with van der Waals surface area (Å²) in [5, 5.41) is 5.69. The first-order valence-electron chi connectivity index (χ1n) is 8.55. The second kappa shape index (κ2) is 8.12. The average molecular weight is 385 g/mol. The number of amides is 1. The van der Waals surface area contributed by atoms with Gasteiger partial charge in [0.1, 0.15) is 5.82 Å². The number of anilines is 3. The van der Waals surface area contributed by atoms with Gasteiger partial charge in [-0.25, -0.2) is 4.98 Å². The molecule has 3 rings (SSSR count). The lowest BCUT2D eigenvalue weighted by atomic mass is 10.1. The summed E-state index contributed by atoms with van der Waals surface area (Å²) in [4.78, 5) is 16.3. The monoisotopic (exact) mass is 385 g/mol. The summed E-state index contributed by atoms with van der Waals surface area (Å²) < 4.78 is 37.8. The summed E-state index contributed by atoms with van der Waals surface area (Å²) in [5.41, 5.74) is 2.32. The average Bonchev–Trinajstić information content (AvgIpc) is 2.63. The molecule has 2 N–H and O–H groups in total. The quantitative estimate of drug-likeness (QED) is 0.624. The molecule has 1 amide bonds. The second-order valence-corrected chi connectivity index (χ2v) is 6.35. The summed E-state index contributed by atoms with van der Waals surface area (Å²) in [5.74, 6) is 0.298. The van der Waals surface area contributed by atoms with Gasteiger partial charge >= 0.3 is 6.18 Å². The summed E-state index contributed by atoms with van der Waals surface area (Å²) in [6, 6.07) is 15.7. The minimum Gasteiger partial charge on any atom is -0.340 e. The number of pyridine rings is 1. The molecule has 7 heteroatoms. The van der Waals surface area contributed by atoms with Crippen LogP contribution in [0.1, 0.15) is 16.7 Å². The number of aryl methyl sites for hydroxylation is 1. The second-order valence-electron chi connectivity index (χ2n) is 6.35. The number of carbonyl (C=O) groups excluding carboxylic acids is 1. The van der Waals surface area contributed by atoms with Crippen molar-refractivity contribution in [3.05, 3.63) is 83.6 Å². The topological polar surface area (TPSA) is 54.0 Å². The number of benzene rings is 2. The molecule has 0 unspecified atom stereocenters. The molecule has 0 bridgehead atoms. The van der Waals surface area contributed by atoms with E-state index >= 15 is 0 Å². The first kappa shape index (κ1) is 19.4. The minimum atomic E-state index is -4.37. The normalized spacial score (nSPS) is 11.1. The molecule has 0 saturated carbocycles. The number of nitrogens with one attached hydrogen (secondary N) is 2. The molecule has 0 aliphatic rings. The van der Waals surface area contributed by atoms with Gasteiger partial charge in [-0.3, -0.25) is 4.79 Å². The molecule has 2 aromatic carbocycles. The molecule has 1 aromatic heterocycles. The number of alkyl halides is 3. The molecule has 0 spiro atoms. The van der Waals surface area contributed by atoms with Crippen LogP contribution in [0, 0.1) is 6.92 Å². The van der Waals surface area contributed by atoms with Crippen LogP contribution in [0.2, 0.25) is 0 Å². The van der Waals surface area contributed by atoms with Crippen LogP contribution in [0.4, 0.5) is 30.4 Å². The highest BCUT2D eigenvalue weighted by atomic mass is 19.4. The van der Waals surface area contributed by atoms with E-state index < -0.39 is 11.7 Å². The summed E-state index contributed by atoms with van der Waals surface area (Å²) in [6.45, 7) is 1.97. The van der Waals surface area contributed by atoms with Crippen LogP contribution in [0.25, 0.3) is 0 Å². The lowest BCUT2D eigenvalue weighted by Crippen LogP contribution is -2.14. The van der Waals surface area contributed by atoms with E-state index in [0.29, 0.717) is 17.2 Å². The van der Waals surface area contributed by atoms with Crippen molar-refractivity contribution in [3.8, 4) is 0 Å². The number of aromatic nitrogens is 1. The Morgan fingerprint density at radius 3 is 2.32 bits per heavy atom. The Hall–Kier alpha value is -3.35. The third-order valence-electron chi connectivity index (χ3n) is 3.98. The lowest BCUT2D eigenvalue weighted by molar-refractivity contribution is -0.137. The minimum absolute atomic E-state index is 0.157. The van der Waals surface area contributed by atoms with Crippen molar-refractivity contribution in [3.63, 3.8) is 0 Å². The van der Waals surface area contributed by atoms with Crippen LogP contribution in [0.5, 0.6) is 0 Å². The van der Waals surface area contributed by atoms with Gasteiger partial charge in [0.15, 0.2) is 0 Å². The van der Waals surface area contributed by atoms with Crippen molar-refractivity contribution in [2.75, 3.05) is 10.6 Å². The zero-order chi connectivity index (χ0) is 20.1. The van der Waals surface area contributed by atoms with Gasteiger partial charge in [0.05, 0.1) is 23.9 Å². The number of rotatable bonds is 5. The fourth-order valence-electron chi connectivity index (χ4n) is 2.64. The smallest absolute Gasteiger partial charge is 0.340 e. The van der Waals surface area contributed by atoms with Crippen molar-refractivity contribution in [1.29, 1.82) is 0 Å². The van der Waals surface area contributed by atoms with E-state index in [1.54, 1.807) is 12.1 Å². The molecular weight excluding hydrogens is 367 g/mol. The van der Waals surface area contributed by atoms with Crippen molar-refractivity contribution in [1.82, 2.24) is 4.98 Å². The highest BCUT2D eigenvalue weighted by Gasteiger charge is 2.29. The Morgan fingerprint density at radius 2 is 1.71 bits per heavy atom. The third kappa shape index (κ3) is 5.33. The van der Waals surface area contributed by atoms with Crippen molar-refractivity contribution >= 4 is 23.1 Å². The number of halogens is 3. The number of carbonyl (C=O) groups is 1. The van der Waals surface area contributed by atoms with Gasteiger partial charge in [-0.2, -0.15) is 13.2 Å². The van der Waals surface area contributed by atoms with Crippen LogP contribution < -0.4 is 10.6 Å². The summed E-state index contributed by atoms with van der Waals surface area (Å²) in [6.07, 6.45) is -2.62. The molecule has 0 fully saturated rings. The van der Waals surface area contributed by atoms with Gasteiger partial charge in [-0.15, -0.1) is 0 Å². The Labute approximate surface area is 160 Å². The van der Waals surface area contributed by atoms with Crippen molar-refractivity contribution in [2.24, 2.45) is 0 Å². The van der Waals surface area contributed by atoms with Gasteiger partial charge < -0.3 is 10.6 Å². The molecule has 0 atom stereocenters. The molecule has 4 nitrogen and oxygen atoms in total. The standard InChI is InChI=1S/C21H18F3N3O/c1-14-3-2-4-15(11-14)12-20(28)27-18-9-10-19(25-13-18)26-17-7-5-16(6-8-17)21(22,23)24/h2-11,13H,12H2,1H3,(H,25,26)(H,27,28). The van der Waals surface area contributed by atoms with E-state index in [-0.39, 0.29) is 12.3 Å². The largest absolute Gasteiger partial charge is 0.416 e. The highest BCUT2D eigenvalue weighted by molar-refractivity contribution is 5.92. The van der Waals surface area contributed by atoms with Crippen LogP contribution in [0.15, 0.2) is 66.9 Å². The third-order valence-corrected chi connectivity index (χ3v) is 3.98. The maximum absolute atomic E-state index is 12.6. The molecule has 3 aromatic rings. The molecule has 28 heavy (non-hydrogen) atoms. The van der Waals surface area contributed by atoms with E-state index in [2.05, 4.69) is 15.6 Å². The Kier molecular flexibility index (Phi) is 5.63. The SMILES string of the molecule is Cc1cccc(CC(=O)Nc2ccc(Nc3ccc(C(F)(F)F)cc3)nc2)c1. The number of nitrogens with zero attached hydrogens (tertiary/aromatic N) is 1. The van der Waals surface area contributed by atoms with E-state index in [1.165, 1.54) is 18.3 Å². The summed E-state index contributed by atoms with van der Waals surface area (Å²) >= 11 is 0. The molecule has 144 valence electrons. The molecule has 0 saturated heterocycles. The fourth-order valence-corrected chi connectivity index (χ4v) is 2.64. The number of hydrogen-bond donors (Lipinski definition) is 2. The van der Waals surface area contributed by atoms with E-state index in [4.69, 9.17) is 0 Å². The van der Waals surface area contributed by atoms with Crippen LogP contribution in [-0.2, 0) is 17.4 Å². The van der Waals surface area contributed by atoms with Crippen LogP contribution in [-0.4, -0.2) is 10.9 Å². The first-order chi connectivity index (χ1) is 13.3. The Balaban J connectivity index is 1.58. The number of hydrogen-bond acceptors (Lipinski definition) is 3. The predicted octanol–water partition coefficient (Wildman–Crippen LogP) is 5.33. The van der Waals surface area contributed by atoms with Gasteiger partial charge in [0.2, 0.25) is 5.91 Å². The highest BCUT2D eigenvalue weighted by Crippen LogP contribution is 2.30. The maximum atomic E-state index is 12.6. The molecule has 0 radical (unpaired) electrons. The molecular formula is C21H18F3N3O. The van der Waals surface area contributed by atoms with Gasteiger partial charge in [0, 0.05) is 5.69 Å². The van der Waals surface area contributed by atoms with Gasteiger partial charge in [-0.1, -0.05) is 29.8 Å². The van der Waals surface area contributed by atoms with E-state index in [0.717, 1.165) is 23.3 Å². The molecule has 0 aliphatic heterocycles.